The molecule has 0 aliphatic heterocycles. The van der Waals surface area contributed by atoms with E-state index in [1.165, 1.54) is 40.9 Å². The maximum atomic E-state index is 12.9. The predicted octanol–water partition coefficient (Wildman–Crippen LogP) is 3.76. The number of rotatable bonds is 4. The smallest absolute Gasteiger partial charge is 0.250 e. The average molecular weight is 346 g/mol. The number of thiazole rings is 1. The summed E-state index contributed by atoms with van der Waals surface area (Å²) in [5, 5.41) is 14.1. The molecule has 8 heteroatoms. The maximum absolute atomic E-state index is 12.9. The zero-order valence-corrected chi connectivity index (χ0v) is 13.6. The first-order chi connectivity index (χ1) is 11.1. The molecule has 5 nitrogen and oxygen atoms in total. The van der Waals surface area contributed by atoms with Crippen LogP contribution in [0.4, 0.5) is 9.52 Å². The molecule has 0 aliphatic carbocycles. The highest BCUT2D eigenvalue weighted by Crippen LogP contribution is 2.24. The highest BCUT2D eigenvalue weighted by Gasteiger charge is 2.05. The van der Waals surface area contributed by atoms with E-state index in [0.717, 1.165) is 15.6 Å². The summed E-state index contributed by atoms with van der Waals surface area (Å²) in [5.41, 5.74) is 1.50. The van der Waals surface area contributed by atoms with Crippen LogP contribution in [0.5, 0.6) is 0 Å². The number of aromatic nitrogens is 3. The number of hydrogen-bond acceptors (Lipinski definition) is 6. The average Bonchev–Trinajstić information content (AvgIpc) is 3.15. The van der Waals surface area contributed by atoms with Crippen LogP contribution in [0.2, 0.25) is 0 Å². The van der Waals surface area contributed by atoms with Gasteiger partial charge >= 0.3 is 0 Å². The summed E-state index contributed by atoms with van der Waals surface area (Å²) in [4.78, 5) is 16.2. The molecule has 0 bridgehead atoms. The standard InChI is InChI=1S/C15H11FN4OS2/c1-9-19-20-15(23-9)18-13(21)7-6-12-8-22-14(17-12)10-2-4-11(16)5-3-10/h2-8H,1H3,(H,18,20,21). The second-order valence-electron chi connectivity index (χ2n) is 4.53. The summed E-state index contributed by atoms with van der Waals surface area (Å²) >= 11 is 2.74. The van der Waals surface area contributed by atoms with Gasteiger partial charge in [-0.15, -0.1) is 21.5 Å². The van der Waals surface area contributed by atoms with Gasteiger partial charge in [-0.1, -0.05) is 11.3 Å². The third-order valence-corrected chi connectivity index (χ3v) is 4.44. The monoisotopic (exact) mass is 346 g/mol. The Morgan fingerprint density at radius 3 is 2.74 bits per heavy atom. The number of anilines is 1. The number of nitrogens with one attached hydrogen (secondary N) is 1. The Labute approximate surface area is 139 Å². The predicted molar refractivity (Wildman–Crippen MR) is 89.8 cm³/mol. The summed E-state index contributed by atoms with van der Waals surface area (Å²) in [6, 6.07) is 6.13. The van der Waals surface area contributed by atoms with E-state index in [-0.39, 0.29) is 11.7 Å². The molecule has 0 aliphatic rings. The van der Waals surface area contributed by atoms with Gasteiger partial charge in [0.25, 0.3) is 0 Å². The Balaban J connectivity index is 1.66. The van der Waals surface area contributed by atoms with Gasteiger partial charge in [-0.05, 0) is 37.3 Å². The van der Waals surface area contributed by atoms with Crippen LogP contribution in [0, 0.1) is 12.7 Å². The lowest BCUT2D eigenvalue weighted by molar-refractivity contribution is -0.111. The van der Waals surface area contributed by atoms with Crippen molar-refractivity contribution in [3.63, 3.8) is 0 Å². The molecule has 0 atom stereocenters. The molecule has 116 valence electrons. The van der Waals surface area contributed by atoms with Gasteiger partial charge in [0.1, 0.15) is 15.8 Å². The highest BCUT2D eigenvalue weighted by molar-refractivity contribution is 7.15. The van der Waals surface area contributed by atoms with E-state index in [0.29, 0.717) is 10.8 Å². The number of nitrogens with zero attached hydrogens (tertiary/aromatic N) is 3. The third-order valence-electron chi connectivity index (χ3n) is 2.77. The van der Waals surface area contributed by atoms with Gasteiger partial charge in [0.2, 0.25) is 11.0 Å². The lowest BCUT2D eigenvalue weighted by Crippen LogP contribution is -2.07. The van der Waals surface area contributed by atoms with E-state index in [4.69, 9.17) is 0 Å². The Bertz CT molecular complexity index is 855. The van der Waals surface area contributed by atoms with E-state index in [1.807, 2.05) is 12.3 Å². The number of carbonyl (C=O) groups is 1. The van der Waals surface area contributed by atoms with E-state index in [2.05, 4.69) is 20.5 Å². The van der Waals surface area contributed by atoms with Gasteiger partial charge in [-0.25, -0.2) is 9.37 Å². The highest BCUT2D eigenvalue weighted by atomic mass is 32.1. The normalized spacial score (nSPS) is 11.0. The minimum Gasteiger partial charge on any atom is -0.297 e. The largest absolute Gasteiger partial charge is 0.297 e. The molecule has 0 fully saturated rings. The molecule has 0 spiro atoms. The number of halogens is 1. The quantitative estimate of drug-likeness (QED) is 0.730. The first kappa shape index (κ1) is 15.4. The fourth-order valence-electron chi connectivity index (χ4n) is 1.74. The van der Waals surface area contributed by atoms with Gasteiger partial charge in [-0.2, -0.15) is 0 Å². The van der Waals surface area contributed by atoms with Crippen LogP contribution in [0.3, 0.4) is 0 Å². The van der Waals surface area contributed by atoms with Gasteiger partial charge in [0, 0.05) is 17.0 Å². The summed E-state index contributed by atoms with van der Waals surface area (Å²) in [7, 11) is 0. The Hall–Kier alpha value is -2.45. The number of hydrogen-bond donors (Lipinski definition) is 1. The van der Waals surface area contributed by atoms with Crippen molar-refractivity contribution in [1.82, 2.24) is 15.2 Å². The first-order valence-corrected chi connectivity index (χ1v) is 8.30. The number of benzene rings is 1. The SMILES string of the molecule is Cc1nnc(NC(=O)C=Cc2csc(-c3ccc(F)cc3)n2)s1. The molecular weight excluding hydrogens is 335 g/mol. The summed E-state index contributed by atoms with van der Waals surface area (Å²) in [5.74, 6) is -0.577. The third kappa shape index (κ3) is 4.05. The minimum atomic E-state index is -0.294. The van der Waals surface area contributed by atoms with Gasteiger partial charge in [-0.3, -0.25) is 10.1 Å². The topological polar surface area (TPSA) is 67.8 Å². The van der Waals surface area contributed by atoms with Crippen molar-refractivity contribution >= 4 is 39.8 Å². The minimum absolute atomic E-state index is 0.283. The van der Waals surface area contributed by atoms with E-state index >= 15 is 0 Å². The molecular formula is C15H11FN4OS2. The summed E-state index contributed by atoms with van der Waals surface area (Å²) < 4.78 is 12.9. The fourth-order valence-corrected chi connectivity index (χ4v) is 3.13. The van der Waals surface area contributed by atoms with E-state index in [9.17, 15) is 9.18 Å². The molecule has 0 radical (unpaired) electrons. The maximum Gasteiger partial charge on any atom is 0.250 e. The van der Waals surface area contributed by atoms with Gasteiger partial charge in [0.15, 0.2) is 0 Å². The van der Waals surface area contributed by atoms with Crippen molar-refractivity contribution < 1.29 is 9.18 Å². The van der Waals surface area contributed by atoms with Crippen LogP contribution in [0.25, 0.3) is 16.6 Å². The van der Waals surface area contributed by atoms with Crippen molar-refractivity contribution in [3.8, 4) is 10.6 Å². The van der Waals surface area contributed by atoms with Crippen molar-refractivity contribution in [2.75, 3.05) is 5.32 Å². The van der Waals surface area contributed by atoms with Crippen LogP contribution in [-0.4, -0.2) is 21.1 Å². The zero-order chi connectivity index (χ0) is 16.2. The summed E-state index contributed by atoms with van der Waals surface area (Å²) in [6.07, 6.45) is 3.01. The number of aryl methyl sites for hydroxylation is 1. The summed E-state index contributed by atoms with van der Waals surface area (Å²) in [6.45, 7) is 1.81. The number of amides is 1. The van der Waals surface area contributed by atoms with Crippen LogP contribution >= 0.6 is 22.7 Å². The van der Waals surface area contributed by atoms with Gasteiger partial charge < -0.3 is 0 Å². The van der Waals surface area contributed by atoms with Crippen molar-refractivity contribution in [3.05, 3.63) is 52.2 Å². The lowest BCUT2D eigenvalue weighted by Gasteiger charge is -1.95. The molecule has 1 N–H and O–H groups in total. The Kier molecular flexibility index (Phi) is 4.54. The Morgan fingerprint density at radius 2 is 2.04 bits per heavy atom. The van der Waals surface area contributed by atoms with Crippen LogP contribution in [0.15, 0.2) is 35.7 Å². The molecule has 3 aromatic rings. The molecule has 2 aromatic heterocycles. The second-order valence-corrected chi connectivity index (χ2v) is 6.57. The van der Waals surface area contributed by atoms with Gasteiger partial charge in [0.05, 0.1) is 5.69 Å². The van der Waals surface area contributed by atoms with Crippen molar-refractivity contribution in [1.29, 1.82) is 0 Å². The fraction of sp³-hybridized carbons (Fsp3) is 0.0667. The molecule has 1 amide bonds. The van der Waals surface area contributed by atoms with Crippen LogP contribution in [-0.2, 0) is 4.79 Å². The van der Waals surface area contributed by atoms with Crippen LogP contribution in [0.1, 0.15) is 10.7 Å². The molecule has 0 unspecified atom stereocenters. The Morgan fingerprint density at radius 1 is 1.26 bits per heavy atom. The van der Waals surface area contributed by atoms with Crippen LogP contribution < -0.4 is 5.32 Å². The number of carbonyl (C=O) groups excluding carboxylic acids is 1. The zero-order valence-electron chi connectivity index (χ0n) is 12.0. The van der Waals surface area contributed by atoms with E-state index in [1.54, 1.807) is 18.2 Å². The molecule has 2 heterocycles. The first-order valence-electron chi connectivity index (χ1n) is 6.61. The lowest BCUT2D eigenvalue weighted by atomic mass is 10.2. The second kappa shape index (κ2) is 6.76. The molecule has 23 heavy (non-hydrogen) atoms. The van der Waals surface area contributed by atoms with Crippen molar-refractivity contribution in [2.24, 2.45) is 0 Å². The molecule has 0 saturated heterocycles. The molecule has 0 saturated carbocycles. The van der Waals surface area contributed by atoms with E-state index < -0.39 is 0 Å². The molecule has 1 aromatic carbocycles. The molecule has 3 rings (SSSR count). The van der Waals surface area contributed by atoms with Crippen molar-refractivity contribution in [2.45, 2.75) is 6.92 Å².